The minimum Gasteiger partial charge on any atom is -0.386 e. The van der Waals surface area contributed by atoms with E-state index >= 15 is 0 Å². The molecule has 0 saturated carbocycles. The van der Waals surface area contributed by atoms with E-state index in [0.717, 1.165) is 17.8 Å². The average molecular weight is 275 g/mol. The zero-order chi connectivity index (χ0) is 14.0. The molecule has 0 radical (unpaired) electrons. The number of aromatic nitrogens is 2. The molecule has 0 bridgehead atoms. The van der Waals surface area contributed by atoms with Crippen molar-refractivity contribution in [2.45, 2.75) is 32.0 Å². The summed E-state index contributed by atoms with van der Waals surface area (Å²) in [4.78, 5) is 0. The Morgan fingerprint density at radius 3 is 3.05 bits per heavy atom. The monoisotopic (exact) mass is 275 g/mol. The molecular weight excluding hydrogens is 254 g/mol. The van der Waals surface area contributed by atoms with Crippen LogP contribution in [0.3, 0.4) is 0 Å². The molecule has 1 aromatic carbocycles. The van der Waals surface area contributed by atoms with Crippen LogP contribution in [-0.2, 0) is 17.8 Å². The summed E-state index contributed by atoms with van der Waals surface area (Å²) in [5.41, 5.74) is 1.48. The summed E-state index contributed by atoms with van der Waals surface area (Å²) in [5.74, 6) is 0. The van der Waals surface area contributed by atoms with Crippen LogP contribution in [0.25, 0.3) is 10.9 Å². The summed E-state index contributed by atoms with van der Waals surface area (Å²) in [6.07, 6.45) is 0.699. The third-order valence-corrected chi connectivity index (χ3v) is 3.86. The quantitative estimate of drug-likeness (QED) is 0.863. The van der Waals surface area contributed by atoms with Gasteiger partial charge in [0.25, 0.3) is 0 Å². The van der Waals surface area contributed by atoms with E-state index in [-0.39, 0.29) is 0 Å². The number of aryl methyl sites for hydroxylation is 1. The number of benzene rings is 1. The highest BCUT2D eigenvalue weighted by Crippen LogP contribution is 2.20. The highest BCUT2D eigenvalue weighted by Gasteiger charge is 2.31. The third kappa shape index (κ3) is 2.57. The first-order valence-electron chi connectivity index (χ1n) is 7.17. The molecule has 108 valence electrons. The number of ether oxygens (including phenoxy) is 1. The predicted octanol–water partition coefficient (Wildman–Crippen LogP) is 1.30. The highest BCUT2D eigenvalue weighted by atomic mass is 16.5. The molecule has 3 rings (SSSR count). The number of fused-ring (bicyclic) bond motifs is 1. The van der Waals surface area contributed by atoms with Crippen LogP contribution in [0.2, 0.25) is 0 Å². The number of aliphatic hydroxyl groups is 1. The topological polar surface area (TPSA) is 59.3 Å². The number of rotatable bonds is 5. The van der Waals surface area contributed by atoms with Gasteiger partial charge in [0.2, 0.25) is 0 Å². The molecule has 2 N–H and O–H groups in total. The van der Waals surface area contributed by atoms with Crippen LogP contribution < -0.4 is 5.32 Å². The second kappa shape index (κ2) is 5.52. The number of hydrogen-bond acceptors (Lipinski definition) is 4. The molecule has 1 aliphatic rings. The van der Waals surface area contributed by atoms with Crippen molar-refractivity contribution in [3.05, 3.63) is 30.0 Å². The van der Waals surface area contributed by atoms with Crippen LogP contribution in [0, 0.1) is 0 Å². The zero-order valence-electron chi connectivity index (χ0n) is 11.8. The lowest BCUT2D eigenvalue weighted by Crippen LogP contribution is -2.40. The molecule has 2 aromatic rings. The molecule has 2 heterocycles. The molecule has 0 spiro atoms. The molecule has 0 amide bonds. The summed E-state index contributed by atoms with van der Waals surface area (Å²) in [6, 6.07) is 8.25. The van der Waals surface area contributed by atoms with Gasteiger partial charge in [-0.05, 0) is 13.0 Å². The van der Waals surface area contributed by atoms with Crippen LogP contribution in [0.15, 0.2) is 24.3 Å². The lowest BCUT2D eigenvalue weighted by atomic mass is 10.0. The van der Waals surface area contributed by atoms with E-state index in [1.807, 2.05) is 16.8 Å². The van der Waals surface area contributed by atoms with E-state index in [1.165, 1.54) is 5.39 Å². The predicted molar refractivity (Wildman–Crippen MR) is 77.5 cm³/mol. The van der Waals surface area contributed by atoms with Crippen molar-refractivity contribution in [3.63, 3.8) is 0 Å². The smallest absolute Gasteiger partial charge is 0.103 e. The van der Waals surface area contributed by atoms with Gasteiger partial charge in [0, 0.05) is 38.0 Å². The second-order valence-electron chi connectivity index (χ2n) is 5.41. The minimum atomic E-state index is -0.719. The largest absolute Gasteiger partial charge is 0.386 e. The maximum atomic E-state index is 10.2. The van der Waals surface area contributed by atoms with Crippen molar-refractivity contribution < 1.29 is 9.84 Å². The van der Waals surface area contributed by atoms with Crippen LogP contribution in [0.5, 0.6) is 0 Å². The van der Waals surface area contributed by atoms with Gasteiger partial charge < -0.3 is 15.2 Å². The molecule has 5 nitrogen and oxygen atoms in total. The molecule has 1 aromatic heterocycles. The first-order valence-corrected chi connectivity index (χ1v) is 7.17. The van der Waals surface area contributed by atoms with Crippen LogP contribution in [0.1, 0.15) is 19.0 Å². The van der Waals surface area contributed by atoms with E-state index in [9.17, 15) is 5.11 Å². The Balaban J connectivity index is 1.71. The summed E-state index contributed by atoms with van der Waals surface area (Å²) in [7, 11) is 0. The van der Waals surface area contributed by atoms with E-state index in [0.29, 0.717) is 32.7 Å². The van der Waals surface area contributed by atoms with Gasteiger partial charge in [-0.2, -0.15) is 5.10 Å². The molecular formula is C15H21N3O2. The number of hydrogen-bond donors (Lipinski definition) is 2. The van der Waals surface area contributed by atoms with Crippen molar-refractivity contribution >= 4 is 10.9 Å². The van der Waals surface area contributed by atoms with E-state index in [2.05, 4.69) is 29.5 Å². The Hall–Kier alpha value is -1.43. The Labute approximate surface area is 118 Å². The standard InChI is InChI=1S/C15H21N3O2/c1-2-18-14-6-4-3-5-12(14)13(17-18)9-16-10-15(19)7-8-20-11-15/h3-6,16,19H,2,7-11H2,1H3. The number of nitrogens with one attached hydrogen (secondary N) is 1. The normalized spacial score (nSPS) is 22.7. The lowest BCUT2D eigenvalue weighted by Gasteiger charge is -2.20. The van der Waals surface area contributed by atoms with Gasteiger partial charge in [0.15, 0.2) is 0 Å². The number of nitrogens with zero attached hydrogens (tertiary/aromatic N) is 2. The van der Waals surface area contributed by atoms with Crippen LogP contribution in [0.4, 0.5) is 0 Å². The first kappa shape index (κ1) is 13.5. The molecule has 20 heavy (non-hydrogen) atoms. The molecule has 5 heteroatoms. The molecule has 0 aliphatic carbocycles. The van der Waals surface area contributed by atoms with Crippen LogP contribution in [-0.4, -0.2) is 40.2 Å². The van der Waals surface area contributed by atoms with Gasteiger partial charge in [-0.25, -0.2) is 0 Å². The van der Waals surface area contributed by atoms with Crippen molar-refractivity contribution in [3.8, 4) is 0 Å². The van der Waals surface area contributed by atoms with Crippen molar-refractivity contribution in [2.75, 3.05) is 19.8 Å². The van der Waals surface area contributed by atoms with E-state index in [4.69, 9.17) is 4.74 Å². The van der Waals surface area contributed by atoms with Crippen molar-refractivity contribution in [2.24, 2.45) is 0 Å². The molecule has 1 unspecified atom stereocenters. The fourth-order valence-corrected chi connectivity index (χ4v) is 2.72. The van der Waals surface area contributed by atoms with Crippen LogP contribution >= 0.6 is 0 Å². The summed E-state index contributed by atoms with van der Waals surface area (Å²) >= 11 is 0. The third-order valence-electron chi connectivity index (χ3n) is 3.86. The van der Waals surface area contributed by atoms with Gasteiger partial charge >= 0.3 is 0 Å². The fraction of sp³-hybridized carbons (Fsp3) is 0.533. The van der Waals surface area contributed by atoms with Gasteiger partial charge in [-0.15, -0.1) is 0 Å². The Kier molecular flexibility index (Phi) is 3.74. The SMILES string of the molecule is CCn1nc(CNCC2(O)CCOC2)c2ccccc21. The maximum absolute atomic E-state index is 10.2. The Morgan fingerprint density at radius 1 is 1.45 bits per heavy atom. The van der Waals surface area contributed by atoms with E-state index < -0.39 is 5.60 Å². The number of para-hydroxylation sites is 1. The summed E-state index contributed by atoms with van der Waals surface area (Å²) < 4.78 is 7.26. The summed E-state index contributed by atoms with van der Waals surface area (Å²) in [5, 5.41) is 19.3. The van der Waals surface area contributed by atoms with Gasteiger partial charge in [-0.1, -0.05) is 18.2 Å². The summed E-state index contributed by atoms with van der Waals surface area (Å²) in [6.45, 7) is 5.22. The highest BCUT2D eigenvalue weighted by molar-refractivity contribution is 5.81. The Morgan fingerprint density at radius 2 is 2.30 bits per heavy atom. The van der Waals surface area contributed by atoms with Crippen molar-refractivity contribution in [1.29, 1.82) is 0 Å². The lowest BCUT2D eigenvalue weighted by molar-refractivity contribution is 0.0268. The first-order chi connectivity index (χ1) is 9.72. The van der Waals surface area contributed by atoms with Crippen molar-refractivity contribution in [1.82, 2.24) is 15.1 Å². The maximum Gasteiger partial charge on any atom is 0.103 e. The molecule has 1 aliphatic heterocycles. The Bertz CT molecular complexity index is 588. The van der Waals surface area contributed by atoms with Gasteiger partial charge in [0.05, 0.1) is 17.8 Å². The average Bonchev–Trinajstić information content (AvgIpc) is 3.04. The minimum absolute atomic E-state index is 0.421. The van der Waals surface area contributed by atoms with Gasteiger partial charge in [0.1, 0.15) is 5.60 Å². The van der Waals surface area contributed by atoms with Gasteiger partial charge in [-0.3, -0.25) is 4.68 Å². The molecule has 1 atom stereocenters. The fourth-order valence-electron chi connectivity index (χ4n) is 2.72. The second-order valence-corrected chi connectivity index (χ2v) is 5.41. The van der Waals surface area contributed by atoms with E-state index in [1.54, 1.807) is 0 Å². The molecule has 1 fully saturated rings. The molecule has 1 saturated heterocycles. The zero-order valence-corrected chi connectivity index (χ0v) is 11.8.